The van der Waals surface area contributed by atoms with Gasteiger partial charge in [-0.3, -0.25) is 0 Å². The van der Waals surface area contributed by atoms with E-state index in [1.54, 1.807) is 37.4 Å². The first-order chi connectivity index (χ1) is 15.5. The van der Waals surface area contributed by atoms with Crippen LogP contribution in [-0.2, 0) is 29.5 Å². The van der Waals surface area contributed by atoms with Crippen LogP contribution in [0.25, 0.3) is 0 Å². The lowest BCUT2D eigenvalue weighted by Gasteiger charge is -2.28. The van der Waals surface area contributed by atoms with Crippen molar-refractivity contribution in [3.8, 4) is 5.75 Å². The summed E-state index contributed by atoms with van der Waals surface area (Å²) in [6.45, 7) is 1.08. The van der Waals surface area contributed by atoms with Gasteiger partial charge >= 0.3 is 6.03 Å². The molecular formula is C24H25N3O4S. The molecule has 1 aliphatic rings. The van der Waals surface area contributed by atoms with Gasteiger partial charge in [0.2, 0.25) is 10.0 Å². The summed E-state index contributed by atoms with van der Waals surface area (Å²) in [4.78, 5) is 12.6. The molecule has 0 spiro atoms. The van der Waals surface area contributed by atoms with Gasteiger partial charge in [0.15, 0.2) is 0 Å². The normalized spacial score (nSPS) is 13.8. The van der Waals surface area contributed by atoms with Crippen LogP contribution in [0, 0.1) is 0 Å². The van der Waals surface area contributed by atoms with Gasteiger partial charge in [0.25, 0.3) is 0 Å². The first-order valence-corrected chi connectivity index (χ1v) is 11.7. The Morgan fingerprint density at radius 1 is 1.00 bits per heavy atom. The maximum atomic E-state index is 13.0. The standard InChI is InChI=1S/C24H25N3O4S/c1-31-22-11-7-18(8-12-22)16-25-24(28)26-21-10-9-19-13-14-27(17-20(19)15-21)32(29,30)23-5-3-2-4-6-23/h2-12,15H,13-14,16-17H2,1H3,(H2,25,26,28). The number of hydrogen-bond acceptors (Lipinski definition) is 4. The summed E-state index contributed by atoms with van der Waals surface area (Å²) in [6.07, 6.45) is 0.630. The molecule has 7 nitrogen and oxygen atoms in total. The molecule has 0 atom stereocenters. The van der Waals surface area contributed by atoms with Gasteiger partial charge in [-0.05, 0) is 59.5 Å². The second-order valence-electron chi connectivity index (χ2n) is 7.54. The second-order valence-corrected chi connectivity index (χ2v) is 9.48. The molecule has 0 fully saturated rings. The van der Waals surface area contributed by atoms with Crippen LogP contribution >= 0.6 is 0 Å². The summed E-state index contributed by atoms with van der Waals surface area (Å²) in [5.74, 6) is 0.760. The first-order valence-electron chi connectivity index (χ1n) is 10.3. The van der Waals surface area contributed by atoms with Gasteiger partial charge in [0, 0.05) is 25.3 Å². The number of ether oxygens (including phenoxy) is 1. The Labute approximate surface area is 188 Å². The lowest BCUT2D eigenvalue weighted by atomic mass is 10.0. The minimum absolute atomic E-state index is 0.273. The van der Waals surface area contributed by atoms with Crippen LogP contribution in [0.2, 0.25) is 0 Å². The number of carbonyl (C=O) groups is 1. The van der Waals surface area contributed by atoms with E-state index < -0.39 is 10.0 Å². The number of urea groups is 1. The topological polar surface area (TPSA) is 87.7 Å². The highest BCUT2D eigenvalue weighted by Gasteiger charge is 2.28. The highest BCUT2D eigenvalue weighted by Crippen LogP contribution is 2.27. The van der Waals surface area contributed by atoms with Gasteiger partial charge in [-0.2, -0.15) is 4.31 Å². The van der Waals surface area contributed by atoms with Crippen molar-refractivity contribution in [3.63, 3.8) is 0 Å². The number of nitrogens with one attached hydrogen (secondary N) is 2. The molecule has 1 heterocycles. The number of hydrogen-bond donors (Lipinski definition) is 2. The van der Waals surface area contributed by atoms with E-state index in [0.717, 1.165) is 22.4 Å². The van der Waals surface area contributed by atoms with Crippen molar-refractivity contribution >= 4 is 21.7 Å². The summed E-state index contributed by atoms with van der Waals surface area (Å²) in [6, 6.07) is 21.2. The minimum atomic E-state index is -3.56. The maximum Gasteiger partial charge on any atom is 0.319 e. The molecule has 32 heavy (non-hydrogen) atoms. The van der Waals surface area contributed by atoms with Gasteiger partial charge < -0.3 is 15.4 Å². The molecular weight excluding hydrogens is 426 g/mol. The molecule has 3 aromatic carbocycles. The van der Waals surface area contributed by atoms with E-state index in [2.05, 4.69) is 10.6 Å². The van der Waals surface area contributed by atoms with Gasteiger partial charge in [0.05, 0.1) is 12.0 Å². The Bertz CT molecular complexity index is 1200. The third-order valence-corrected chi connectivity index (χ3v) is 7.29. The van der Waals surface area contributed by atoms with Crippen LogP contribution in [0.15, 0.2) is 77.7 Å². The Hall–Kier alpha value is -3.36. The molecule has 2 amide bonds. The van der Waals surface area contributed by atoms with Crippen molar-refractivity contribution in [2.75, 3.05) is 19.0 Å². The fourth-order valence-corrected chi connectivity index (χ4v) is 5.10. The number of sulfonamides is 1. The zero-order chi connectivity index (χ0) is 22.6. The van der Waals surface area contributed by atoms with Crippen molar-refractivity contribution in [2.45, 2.75) is 24.4 Å². The molecule has 0 saturated carbocycles. The van der Waals surface area contributed by atoms with Crippen molar-refractivity contribution in [1.82, 2.24) is 9.62 Å². The average Bonchev–Trinajstić information content (AvgIpc) is 2.83. The minimum Gasteiger partial charge on any atom is -0.497 e. The zero-order valence-corrected chi connectivity index (χ0v) is 18.6. The zero-order valence-electron chi connectivity index (χ0n) is 17.7. The number of methoxy groups -OCH3 is 1. The molecule has 1 aliphatic heterocycles. The molecule has 0 radical (unpaired) electrons. The van der Waals surface area contributed by atoms with Crippen molar-refractivity contribution < 1.29 is 17.9 Å². The lowest BCUT2D eigenvalue weighted by molar-refractivity contribution is 0.251. The third kappa shape index (κ3) is 4.92. The number of amides is 2. The second kappa shape index (κ2) is 9.42. The predicted octanol–water partition coefficient (Wildman–Crippen LogP) is 3.76. The third-order valence-electron chi connectivity index (χ3n) is 5.43. The van der Waals surface area contributed by atoms with E-state index in [1.807, 2.05) is 42.5 Å². The van der Waals surface area contributed by atoms with Gasteiger partial charge in [-0.1, -0.05) is 36.4 Å². The summed E-state index contributed by atoms with van der Waals surface area (Å²) >= 11 is 0. The summed E-state index contributed by atoms with van der Waals surface area (Å²) in [5.41, 5.74) is 3.56. The number of fused-ring (bicyclic) bond motifs is 1. The van der Waals surface area contributed by atoms with Crippen LogP contribution in [0.1, 0.15) is 16.7 Å². The monoisotopic (exact) mass is 451 g/mol. The van der Waals surface area contributed by atoms with Crippen LogP contribution in [-0.4, -0.2) is 32.4 Å². The number of nitrogens with zero attached hydrogens (tertiary/aromatic N) is 1. The fraction of sp³-hybridized carbons (Fsp3) is 0.208. The van der Waals surface area contributed by atoms with Gasteiger partial charge in [-0.25, -0.2) is 13.2 Å². The number of rotatable bonds is 6. The summed E-state index contributed by atoms with van der Waals surface area (Å²) in [7, 11) is -1.95. The van der Waals surface area contributed by atoms with E-state index >= 15 is 0 Å². The largest absolute Gasteiger partial charge is 0.497 e. The van der Waals surface area contributed by atoms with E-state index in [4.69, 9.17) is 4.74 Å². The highest BCUT2D eigenvalue weighted by molar-refractivity contribution is 7.89. The van der Waals surface area contributed by atoms with E-state index in [9.17, 15) is 13.2 Å². The molecule has 8 heteroatoms. The van der Waals surface area contributed by atoms with Gasteiger partial charge in [0.1, 0.15) is 5.75 Å². The van der Waals surface area contributed by atoms with Crippen molar-refractivity contribution in [3.05, 3.63) is 89.5 Å². The average molecular weight is 452 g/mol. The molecule has 166 valence electrons. The predicted molar refractivity (Wildman–Crippen MR) is 123 cm³/mol. The Balaban J connectivity index is 1.40. The molecule has 4 rings (SSSR count). The molecule has 0 unspecified atom stereocenters. The van der Waals surface area contributed by atoms with Gasteiger partial charge in [-0.15, -0.1) is 0 Å². The fourth-order valence-electron chi connectivity index (χ4n) is 3.66. The molecule has 0 bridgehead atoms. The molecule has 3 aromatic rings. The van der Waals surface area contributed by atoms with Crippen molar-refractivity contribution in [2.24, 2.45) is 0 Å². The number of anilines is 1. The van der Waals surface area contributed by atoms with Crippen LogP contribution in [0.3, 0.4) is 0 Å². The van der Waals surface area contributed by atoms with Crippen LogP contribution < -0.4 is 15.4 Å². The van der Waals surface area contributed by atoms with E-state index in [1.165, 1.54) is 4.31 Å². The smallest absolute Gasteiger partial charge is 0.319 e. The SMILES string of the molecule is COc1ccc(CNC(=O)Nc2ccc3c(c2)CN(S(=O)(=O)c2ccccc2)CC3)cc1. The van der Waals surface area contributed by atoms with Crippen molar-refractivity contribution in [1.29, 1.82) is 0 Å². The Morgan fingerprint density at radius 3 is 2.47 bits per heavy atom. The maximum absolute atomic E-state index is 13.0. The first kappa shape index (κ1) is 21.9. The molecule has 0 aromatic heterocycles. The molecule has 0 saturated heterocycles. The summed E-state index contributed by atoms with van der Waals surface area (Å²) in [5, 5.41) is 5.65. The molecule has 0 aliphatic carbocycles. The van der Waals surface area contributed by atoms with E-state index in [0.29, 0.717) is 25.2 Å². The Kier molecular flexibility index (Phi) is 6.43. The summed E-state index contributed by atoms with van der Waals surface area (Å²) < 4.78 is 32.5. The number of benzene rings is 3. The lowest BCUT2D eigenvalue weighted by Crippen LogP contribution is -2.36. The Morgan fingerprint density at radius 2 is 1.75 bits per heavy atom. The highest BCUT2D eigenvalue weighted by atomic mass is 32.2. The quantitative estimate of drug-likeness (QED) is 0.597. The van der Waals surface area contributed by atoms with Crippen LogP contribution in [0.4, 0.5) is 10.5 Å². The number of carbonyl (C=O) groups excluding carboxylic acids is 1. The van der Waals surface area contributed by atoms with E-state index in [-0.39, 0.29) is 17.5 Å². The molecule has 2 N–H and O–H groups in total. The van der Waals surface area contributed by atoms with Crippen LogP contribution in [0.5, 0.6) is 5.75 Å².